The van der Waals surface area contributed by atoms with Crippen LogP contribution in [-0.4, -0.2) is 17.3 Å². The SMILES string of the molecule is [N-]=[N+]=NCC(CCC(=O)c1nc2ccccc2s1)c1cc2ccccc2o1. The summed E-state index contributed by atoms with van der Waals surface area (Å²) >= 11 is 1.41. The van der Waals surface area contributed by atoms with Crippen molar-refractivity contribution in [2.75, 3.05) is 6.54 Å². The number of nitrogens with zero attached hydrogens (tertiary/aromatic N) is 4. The number of azide groups is 1. The molecule has 0 amide bonds. The standard InChI is InChI=1S/C20H16N4O2S/c21-24-22-12-14(18-11-13-5-1-3-7-17(13)26-18)9-10-16(25)20-23-15-6-2-4-8-19(15)27-20/h1-8,11,14H,9-10,12H2. The Hall–Kier alpha value is -3.15. The fourth-order valence-corrected chi connectivity index (χ4v) is 4.00. The largest absolute Gasteiger partial charge is 0.461 e. The van der Waals surface area contributed by atoms with Gasteiger partial charge in [-0.15, -0.1) is 11.3 Å². The number of carbonyl (C=O) groups excluding carboxylic acids is 1. The first-order valence-corrected chi connectivity index (χ1v) is 9.44. The van der Waals surface area contributed by atoms with Crippen LogP contribution in [0.3, 0.4) is 0 Å². The van der Waals surface area contributed by atoms with Crippen LogP contribution in [0.15, 0.2) is 64.1 Å². The highest BCUT2D eigenvalue weighted by atomic mass is 32.1. The Kier molecular flexibility index (Phi) is 4.87. The molecule has 7 heteroatoms. The highest BCUT2D eigenvalue weighted by Gasteiger charge is 2.19. The lowest BCUT2D eigenvalue weighted by Gasteiger charge is -2.10. The minimum Gasteiger partial charge on any atom is -0.461 e. The third-order valence-corrected chi connectivity index (χ3v) is 5.54. The van der Waals surface area contributed by atoms with Gasteiger partial charge >= 0.3 is 0 Å². The Bertz CT molecular complexity index is 1090. The van der Waals surface area contributed by atoms with E-state index in [1.54, 1.807) is 0 Å². The Labute approximate surface area is 159 Å². The van der Waals surface area contributed by atoms with Crippen LogP contribution in [0.1, 0.15) is 34.3 Å². The summed E-state index contributed by atoms with van der Waals surface area (Å²) in [5, 5.41) is 5.21. The summed E-state index contributed by atoms with van der Waals surface area (Å²) in [4.78, 5) is 19.9. The number of benzene rings is 2. The first-order chi connectivity index (χ1) is 13.2. The Morgan fingerprint density at radius 2 is 2.04 bits per heavy atom. The Morgan fingerprint density at radius 1 is 1.22 bits per heavy atom. The molecule has 0 spiro atoms. The molecule has 0 saturated heterocycles. The molecule has 2 aromatic heterocycles. The molecule has 0 fully saturated rings. The number of thiazole rings is 1. The van der Waals surface area contributed by atoms with Gasteiger partial charge in [0.05, 0.1) is 10.2 Å². The average Bonchev–Trinajstić information content (AvgIpc) is 3.31. The second-order valence-corrected chi connectivity index (χ2v) is 7.28. The van der Waals surface area contributed by atoms with Gasteiger partial charge in [0.1, 0.15) is 11.3 Å². The predicted octanol–water partition coefficient (Wildman–Crippen LogP) is 6.10. The van der Waals surface area contributed by atoms with E-state index in [4.69, 9.17) is 9.95 Å². The van der Waals surface area contributed by atoms with Gasteiger partial charge in [0, 0.05) is 29.2 Å². The zero-order valence-corrected chi connectivity index (χ0v) is 15.2. The zero-order valence-electron chi connectivity index (χ0n) is 14.4. The molecule has 0 aliphatic rings. The monoisotopic (exact) mass is 376 g/mol. The molecule has 1 unspecified atom stereocenters. The minimum atomic E-state index is -0.147. The number of carbonyl (C=O) groups is 1. The van der Waals surface area contributed by atoms with E-state index in [9.17, 15) is 4.79 Å². The van der Waals surface area contributed by atoms with Gasteiger partial charge in [-0.1, -0.05) is 35.4 Å². The average molecular weight is 376 g/mol. The van der Waals surface area contributed by atoms with E-state index in [1.165, 1.54) is 11.3 Å². The molecule has 27 heavy (non-hydrogen) atoms. The van der Waals surface area contributed by atoms with Gasteiger partial charge < -0.3 is 4.42 Å². The maximum atomic E-state index is 12.6. The second kappa shape index (κ2) is 7.61. The van der Waals surface area contributed by atoms with Crippen molar-refractivity contribution in [2.45, 2.75) is 18.8 Å². The van der Waals surface area contributed by atoms with Crippen molar-refractivity contribution in [1.29, 1.82) is 0 Å². The molecular formula is C20H16N4O2S. The van der Waals surface area contributed by atoms with Crippen molar-refractivity contribution in [1.82, 2.24) is 4.98 Å². The number of ketones is 1. The summed E-state index contributed by atoms with van der Waals surface area (Å²) in [5.74, 6) is 0.588. The van der Waals surface area contributed by atoms with Gasteiger partial charge in [0.25, 0.3) is 0 Å². The second-order valence-electron chi connectivity index (χ2n) is 6.25. The van der Waals surface area contributed by atoms with Crippen LogP contribution in [0.4, 0.5) is 0 Å². The number of fused-ring (bicyclic) bond motifs is 2. The summed E-state index contributed by atoms with van der Waals surface area (Å²) in [6, 6.07) is 17.4. The van der Waals surface area contributed by atoms with Crippen LogP contribution in [0.2, 0.25) is 0 Å². The smallest absolute Gasteiger partial charge is 0.191 e. The summed E-state index contributed by atoms with van der Waals surface area (Å²) in [6.07, 6.45) is 0.857. The van der Waals surface area contributed by atoms with Crippen LogP contribution in [-0.2, 0) is 0 Å². The third-order valence-electron chi connectivity index (χ3n) is 4.46. The van der Waals surface area contributed by atoms with E-state index < -0.39 is 0 Å². The van der Waals surface area contributed by atoms with E-state index >= 15 is 0 Å². The zero-order chi connectivity index (χ0) is 18.6. The van der Waals surface area contributed by atoms with Gasteiger partial charge in [-0.3, -0.25) is 4.79 Å². The maximum Gasteiger partial charge on any atom is 0.191 e. The first kappa shape index (κ1) is 17.3. The predicted molar refractivity (Wildman–Crippen MR) is 106 cm³/mol. The van der Waals surface area contributed by atoms with E-state index in [2.05, 4.69) is 15.0 Å². The van der Waals surface area contributed by atoms with Gasteiger partial charge in [-0.25, -0.2) is 4.98 Å². The number of aromatic nitrogens is 1. The molecule has 0 saturated carbocycles. The molecule has 4 aromatic rings. The first-order valence-electron chi connectivity index (χ1n) is 8.62. The Morgan fingerprint density at radius 3 is 2.85 bits per heavy atom. The molecule has 0 radical (unpaired) electrons. The molecular weight excluding hydrogens is 360 g/mol. The van der Waals surface area contributed by atoms with E-state index in [1.807, 2.05) is 54.6 Å². The van der Waals surface area contributed by atoms with Gasteiger partial charge in [0.15, 0.2) is 10.8 Å². The molecule has 134 valence electrons. The van der Waals surface area contributed by atoms with Crippen molar-refractivity contribution in [3.63, 3.8) is 0 Å². The lowest BCUT2D eigenvalue weighted by molar-refractivity contribution is 0.0977. The van der Waals surface area contributed by atoms with Crippen LogP contribution in [0.5, 0.6) is 0 Å². The van der Waals surface area contributed by atoms with E-state index in [0.717, 1.165) is 26.9 Å². The van der Waals surface area contributed by atoms with Gasteiger partial charge in [0.2, 0.25) is 0 Å². The quantitative estimate of drug-likeness (QED) is 0.169. The molecule has 0 N–H and O–H groups in total. The summed E-state index contributed by atoms with van der Waals surface area (Å²) in [7, 11) is 0. The lowest BCUT2D eigenvalue weighted by atomic mass is 9.98. The number of furan rings is 1. The summed E-state index contributed by atoms with van der Waals surface area (Å²) < 4.78 is 6.91. The van der Waals surface area contributed by atoms with Crippen molar-refractivity contribution < 1.29 is 9.21 Å². The highest BCUT2D eigenvalue weighted by Crippen LogP contribution is 2.30. The molecule has 6 nitrogen and oxygen atoms in total. The Balaban J connectivity index is 1.52. The normalized spacial score (nSPS) is 12.1. The van der Waals surface area contributed by atoms with Crippen molar-refractivity contribution in [3.8, 4) is 0 Å². The number of rotatable bonds is 7. The van der Waals surface area contributed by atoms with Gasteiger partial charge in [-0.05, 0) is 36.2 Å². The highest BCUT2D eigenvalue weighted by molar-refractivity contribution is 7.20. The molecule has 2 heterocycles. The van der Waals surface area contributed by atoms with Crippen molar-refractivity contribution in [3.05, 3.63) is 75.8 Å². The van der Waals surface area contributed by atoms with Crippen molar-refractivity contribution >= 4 is 38.3 Å². The van der Waals surface area contributed by atoms with E-state index in [-0.39, 0.29) is 18.2 Å². The molecule has 2 aromatic carbocycles. The van der Waals surface area contributed by atoms with Crippen LogP contribution in [0, 0.1) is 0 Å². The summed E-state index contributed by atoms with van der Waals surface area (Å²) in [5.41, 5.74) is 10.3. The number of Topliss-reactive ketones (excluding diaryl/α,β-unsaturated/α-hetero) is 1. The molecule has 4 rings (SSSR count). The van der Waals surface area contributed by atoms with Crippen LogP contribution < -0.4 is 0 Å². The summed E-state index contributed by atoms with van der Waals surface area (Å²) in [6.45, 7) is 0.253. The minimum absolute atomic E-state index is 0.00162. The van der Waals surface area contributed by atoms with E-state index in [0.29, 0.717) is 17.8 Å². The van der Waals surface area contributed by atoms with Crippen LogP contribution >= 0.6 is 11.3 Å². The lowest BCUT2D eigenvalue weighted by Crippen LogP contribution is -2.06. The molecule has 0 aliphatic heterocycles. The number of para-hydroxylation sites is 2. The third kappa shape index (κ3) is 3.69. The molecule has 0 aliphatic carbocycles. The molecule has 1 atom stereocenters. The van der Waals surface area contributed by atoms with Crippen LogP contribution in [0.25, 0.3) is 31.6 Å². The fourth-order valence-electron chi connectivity index (χ4n) is 3.07. The van der Waals surface area contributed by atoms with Crippen molar-refractivity contribution in [2.24, 2.45) is 5.11 Å². The topological polar surface area (TPSA) is 91.9 Å². The van der Waals surface area contributed by atoms with Gasteiger partial charge in [-0.2, -0.15) is 0 Å². The maximum absolute atomic E-state index is 12.6. The molecule has 0 bridgehead atoms. The number of hydrogen-bond donors (Lipinski definition) is 0. The fraction of sp³-hybridized carbons (Fsp3) is 0.200. The number of hydrogen-bond acceptors (Lipinski definition) is 5.